The van der Waals surface area contributed by atoms with Crippen molar-refractivity contribution in [2.75, 3.05) is 19.7 Å². The molecule has 2 aliphatic heterocycles. The Morgan fingerprint density at radius 3 is 2.88 bits per heavy atom. The number of rotatable bonds is 4. The minimum atomic E-state index is 0.491. The van der Waals surface area contributed by atoms with Gasteiger partial charge in [-0.2, -0.15) is 0 Å². The third-order valence-corrected chi connectivity index (χ3v) is 4.30. The highest BCUT2D eigenvalue weighted by atomic mass is 16.5. The van der Waals surface area contributed by atoms with Gasteiger partial charge in [-0.25, -0.2) is 0 Å². The largest absolute Gasteiger partial charge is 0.377 e. The zero-order chi connectivity index (χ0) is 11.0. The van der Waals surface area contributed by atoms with E-state index < -0.39 is 0 Å². The van der Waals surface area contributed by atoms with Crippen LogP contribution in [0.25, 0.3) is 0 Å². The first-order chi connectivity index (χ1) is 7.83. The number of hydrogen-bond donors (Lipinski definition) is 1. The van der Waals surface area contributed by atoms with Crippen LogP contribution in [0, 0.1) is 0 Å². The lowest BCUT2D eigenvalue weighted by molar-refractivity contribution is 0.107. The quantitative estimate of drug-likeness (QED) is 0.781. The Bertz CT molecular complexity index is 236. The first kappa shape index (κ1) is 11.0. The average molecular weight is 224 g/mol. The fourth-order valence-electron chi connectivity index (χ4n) is 3.22. The highest BCUT2D eigenvalue weighted by Crippen LogP contribution is 2.33. The molecule has 1 N–H and O–H groups in total. The van der Waals surface area contributed by atoms with Crippen LogP contribution in [0.2, 0.25) is 0 Å². The van der Waals surface area contributed by atoms with Crippen molar-refractivity contribution in [1.82, 2.24) is 10.2 Å². The lowest BCUT2D eigenvalue weighted by Gasteiger charge is -2.20. The van der Waals surface area contributed by atoms with E-state index in [2.05, 4.69) is 17.1 Å². The molecule has 0 aromatic rings. The van der Waals surface area contributed by atoms with Gasteiger partial charge in [-0.1, -0.05) is 0 Å². The Morgan fingerprint density at radius 1 is 1.31 bits per heavy atom. The molecule has 3 aliphatic rings. The molecule has 1 saturated carbocycles. The predicted molar refractivity (Wildman–Crippen MR) is 64.6 cm³/mol. The summed E-state index contributed by atoms with van der Waals surface area (Å²) in [6, 6.07) is 2.42. The summed E-state index contributed by atoms with van der Waals surface area (Å²) >= 11 is 0. The molecule has 3 unspecified atom stereocenters. The monoisotopic (exact) mass is 224 g/mol. The lowest BCUT2D eigenvalue weighted by atomic mass is 10.1. The van der Waals surface area contributed by atoms with E-state index in [9.17, 15) is 0 Å². The SMILES string of the molecule is CC1CC(NCC2CCCO2)CN1C1CC1. The van der Waals surface area contributed by atoms with E-state index in [4.69, 9.17) is 4.74 Å². The van der Waals surface area contributed by atoms with Gasteiger partial charge in [0.15, 0.2) is 0 Å². The Kier molecular flexibility index (Phi) is 3.18. The van der Waals surface area contributed by atoms with Crippen LogP contribution in [0.3, 0.4) is 0 Å². The van der Waals surface area contributed by atoms with Crippen LogP contribution in [-0.2, 0) is 4.74 Å². The molecule has 0 amide bonds. The van der Waals surface area contributed by atoms with Gasteiger partial charge in [0.1, 0.15) is 0 Å². The van der Waals surface area contributed by atoms with Crippen LogP contribution >= 0.6 is 0 Å². The Labute approximate surface area is 98.5 Å². The van der Waals surface area contributed by atoms with Crippen LogP contribution in [0.4, 0.5) is 0 Å². The number of likely N-dealkylation sites (tertiary alicyclic amines) is 1. The highest BCUT2D eigenvalue weighted by molar-refractivity contribution is 4.96. The Hall–Kier alpha value is -0.120. The predicted octanol–water partition coefficient (Wildman–Crippen LogP) is 1.38. The second-order valence-electron chi connectivity index (χ2n) is 5.75. The zero-order valence-electron chi connectivity index (χ0n) is 10.3. The molecule has 2 heterocycles. The lowest BCUT2D eigenvalue weighted by Crippen LogP contribution is -2.37. The van der Waals surface area contributed by atoms with Crippen molar-refractivity contribution in [2.45, 2.75) is 63.3 Å². The molecular weight excluding hydrogens is 200 g/mol. The molecule has 92 valence electrons. The summed E-state index contributed by atoms with van der Waals surface area (Å²) in [5.41, 5.74) is 0. The van der Waals surface area contributed by atoms with Gasteiger partial charge in [0.25, 0.3) is 0 Å². The second kappa shape index (κ2) is 4.63. The van der Waals surface area contributed by atoms with Crippen LogP contribution in [-0.4, -0.2) is 48.8 Å². The molecule has 2 saturated heterocycles. The molecule has 3 rings (SSSR count). The first-order valence-electron chi connectivity index (χ1n) is 6.93. The van der Waals surface area contributed by atoms with Gasteiger partial charge in [-0.05, 0) is 39.0 Å². The second-order valence-corrected chi connectivity index (χ2v) is 5.75. The van der Waals surface area contributed by atoms with E-state index in [-0.39, 0.29) is 0 Å². The van der Waals surface area contributed by atoms with Gasteiger partial charge in [-0.3, -0.25) is 4.90 Å². The molecule has 3 fully saturated rings. The first-order valence-corrected chi connectivity index (χ1v) is 6.93. The van der Waals surface area contributed by atoms with Crippen molar-refractivity contribution in [3.8, 4) is 0 Å². The Balaban J connectivity index is 1.42. The fourth-order valence-corrected chi connectivity index (χ4v) is 3.22. The number of nitrogens with one attached hydrogen (secondary N) is 1. The van der Waals surface area contributed by atoms with Gasteiger partial charge in [0.05, 0.1) is 6.10 Å². The van der Waals surface area contributed by atoms with Crippen LogP contribution in [0.5, 0.6) is 0 Å². The molecule has 3 heteroatoms. The molecule has 0 aromatic heterocycles. The van der Waals surface area contributed by atoms with Crippen LogP contribution in [0.15, 0.2) is 0 Å². The molecule has 16 heavy (non-hydrogen) atoms. The van der Waals surface area contributed by atoms with Crippen molar-refractivity contribution in [3.63, 3.8) is 0 Å². The minimum absolute atomic E-state index is 0.491. The smallest absolute Gasteiger partial charge is 0.0700 e. The molecular formula is C13H24N2O. The summed E-state index contributed by atoms with van der Waals surface area (Å²) in [5, 5.41) is 3.70. The van der Waals surface area contributed by atoms with Gasteiger partial charge < -0.3 is 10.1 Å². The topological polar surface area (TPSA) is 24.5 Å². The number of nitrogens with zero attached hydrogens (tertiary/aromatic N) is 1. The molecule has 3 atom stereocenters. The molecule has 0 aromatic carbocycles. The van der Waals surface area contributed by atoms with E-state index in [0.29, 0.717) is 12.1 Å². The van der Waals surface area contributed by atoms with Gasteiger partial charge in [0.2, 0.25) is 0 Å². The standard InChI is InChI=1S/C13H24N2O/c1-10-7-11(9-15(10)12-4-5-12)14-8-13-3-2-6-16-13/h10-14H,2-9H2,1H3. The Morgan fingerprint density at radius 2 is 2.19 bits per heavy atom. The summed E-state index contributed by atoms with van der Waals surface area (Å²) < 4.78 is 5.65. The van der Waals surface area contributed by atoms with Gasteiger partial charge in [0, 0.05) is 37.8 Å². The van der Waals surface area contributed by atoms with Crippen molar-refractivity contribution in [3.05, 3.63) is 0 Å². The number of ether oxygens (including phenoxy) is 1. The van der Waals surface area contributed by atoms with Crippen LogP contribution < -0.4 is 5.32 Å². The normalized spacial score (nSPS) is 40.7. The highest BCUT2D eigenvalue weighted by Gasteiger charge is 2.38. The third-order valence-electron chi connectivity index (χ3n) is 4.30. The number of hydrogen-bond acceptors (Lipinski definition) is 3. The molecule has 3 nitrogen and oxygen atoms in total. The minimum Gasteiger partial charge on any atom is -0.377 e. The molecule has 0 radical (unpaired) electrons. The van der Waals surface area contributed by atoms with Crippen molar-refractivity contribution in [1.29, 1.82) is 0 Å². The van der Waals surface area contributed by atoms with E-state index in [0.717, 1.165) is 25.2 Å². The summed E-state index contributed by atoms with van der Waals surface area (Å²) in [7, 11) is 0. The van der Waals surface area contributed by atoms with Crippen molar-refractivity contribution in [2.24, 2.45) is 0 Å². The summed E-state index contributed by atoms with van der Waals surface area (Å²) in [4.78, 5) is 2.70. The van der Waals surface area contributed by atoms with Crippen molar-refractivity contribution < 1.29 is 4.74 Å². The maximum absolute atomic E-state index is 5.65. The van der Waals surface area contributed by atoms with E-state index in [1.165, 1.54) is 38.6 Å². The van der Waals surface area contributed by atoms with Gasteiger partial charge >= 0.3 is 0 Å². The molecule has 0 bridgehead atoms. The maximum Gasteiger partial charge on any atom is 0.0700 e. The zero-order valence-corrected chi connectivity index (χ0v) is 10.3. The summed E-state index contributed by atoms with van der Waals surface area (Å²) in [5.74, 6) is 0. The van der Waals surface area contributed by atoms with Crippen LogP contribution in [0.1, 0.15) is 39.0 Å². The van der Waals surface area contributed by atoms with Gasteiger partial charge in [-0.15, -0.1) is 0 Å². The summed E-state index contributed by atoms with van der Waals surface area (Å²) in [6.45, 7) is 5.68. The van der Waals surface area contributed by atoms with E-state index in [1.54, 1.807) is 0 Å². The fraction of sp³-hybridized carbons (Fsp3) is 1.00. The summed E-state index contributed by atoms with van der Waals surface area (Å²) in [6.07, 6.45) is 7.18. The molecule has 1 aliphatic carbocycles. The van der Waals surface area contributed by atoms with Crippen molar-refractivity contribution >= 4 is 0 Å². The average Bonchev–Trinajstić information content (AvgIpc) is 2.85. The van der Waals surface area contributed by atoms with E-state index in [1.807, 2.05) is 0 Å². The van der Waals surface area contributed by atoms with E-state index >= 15 is 0 Å². The maximum atomic E-state index is 5.65. The third kappa shape index (κ3) is 2.41. The molecule has 0 spiro atoms.